The summed E-state index contributed by atoms with van der Waals surface area (Å²) in [5.41, 5.74) is 2.51. The van der Waals surface area contributed by atoms with Crippen LogP contribution in [0.4, 0.5) is 5.69 Å². The topological polar surface area (TPSA) is 57.2 Å². The van der Waals surface area contributed by atoms with E-state index in [0.717, 1.165) is 26.4 Å². The van der Waals surface area contributed by atoms with Gasteiger partial charge in [-0.3, -0.25) is 9.69 Å². The second-order valence-electron chi connectivity index (χ2n) is 8.74. The molecule has 0 aliphatic carbocycles. The lowest BCUT2D eigenvalue weighted by Crippen LogP contribution is -2.27. The van der Waals surface area contributed by atoms with Gasteiger partial charge in [-0.1, -0.05) is 66.4 Å². The van der Waals surface area contributed by atoms with Crippen molar-refractivity contribution in [3.63, 3.8) is 0 Å². The fourth-order valence-corrected chi connectivity index (χ4v) is 6.38. The maximum Gasteiger partial charge on any atom is 0.270 e. The molecule has 6 rings (SSSR count). The van der Waals surface area contributed by atoms with Crippen molar-refractivity contribution in [1.29, 1.82) is 0 Å². The monoisotopic (exact) mass is 619 g/mol. The van der Waals surface area contributed by atoms with Crippen LogP contribution in [0.25, 0.3) is 16.8 Å². The molecule has 39 heavy (non-hydrogen) atoms. The number of carbonyl (C=O) groups excluding carboxylic acids is 1. The normalized spacial score (nSPS) is 15.4. The average Bonchev–Trinajstić information content (AvgIpc) is 3.51. The molecule has 2 aliphatic rings. The number of rotatable bonds is 7. The second-order valence-corrected chi connectivity index (χ2v) is 11.3. The fraction of sp³-hybridized carbons (Fsp3) is 0.133. The molecule has 0 aromatic heterocycles. The number of hydrogen-bond donors (Lipinski definition) is 0. The highest BCUT2D eigenvalue weighted by Crippen LogP contribution is 2.42. The molecule has 9 heteroatoms. The molecule has 0 bridgehead atoms. The number of hydrogen-bond acceptors (Lipinski definition) is 7. The van der Waals surface area contributed by atoms with Crippen molar-refractivity contribution in [2.24, 2.45) is 0 Å². The number of carbonyl (C=O) groups is 1. The van der Waals surface area contributed by atoms with Crippen LogP contribution in [-0.4, -0.2) is 23.6 Å². The lowest BCUT2D eigenvalue weighted by Gasteiger charge is -2.16. The van der Waals surface area contributed by atoms with E-state index in [2.05, 4.69) is 40.2 Å². The fourth-order valence-electron chi connectivity index (χ4n) is 4.51. The number of anilines is 1. The SMILES string of the molecule is CCOc1cc(/C=C2/SC(=S)N(c3ccc4c(c3)OCO4)C2=O)cc(Br)c1OCc1cccc2ccccc12. The van der Waals surface area contributed by atoms with Gasteiger partial charge in [-0.15, -0.1) is 0 Å². The van der Waals surface area contributed by atoms with E-state index < -0.39 is 0 Å². The molecule has 2 heterocycles. The third kappa shape index (κ3) is 5.09. The molecule has 6 nitrogen and oxygen atoms in total. The van der Waals surface area contributed by atoms with Gasteiger partial charge < -0.3 is 18.9 Å². The number of benzene rings is 4. The van der Waals surface area contributed by atoms with Crippen molar-refractivity contribution >= 4 is 72.7 Å². The predicted molar refractivity (Wildman–Crippen MR) is 162 cm³/mol. The van der Waals surface area contributed by atoms with Gasteiger partial charge in [0.15, 0.2) is 27.3 Å². The largest absolute Gasteiger partial charge is 0.490 e. The smallest absolute Gasteiger partial charge is 0.270 e. The molecule has 0 spiro atoms. The van der Waals surface area contributed by atoms with Crippen molar-refractivity contribution < 1.29 is 23.7 Å². The van der Waals surface area contributed by atoms with Crippen molar-refractivity contribution in [2.45, 2.75) is 13.5 Å². The first-order valence-corrected chi connectivity index (χ1v) is 14.3. The Morgan fingerprint density at radius 2 is 1.85 bits per heavy atom. The van der Waals surface area contributed by atoms with Gasteiger partial charge in [0.1, 0.15) is 6.61 Å². The van der Waals surface area contributed by atoms with Crippen LogP contribution in [0.2, 0.25) is 0 Å². The third-order valence-electron chi connectivity index (χ3n) is 6.29. The van der Waals surface area contributed by atoms with Crippen LogP contribution >= 0.6 is 39.9 Å². The molecule has 0 unspecified atom stereocenters. The van der Waals surface area contributed by atoms with Gasteiger partial charge >= 0.3 is 0 Å². The number of halogens is 1. The van der Waals surface area contributed by atoms with Crippen LogP contribution in [-0.2, 0) is 11.4 Å². The molecule has 0 N–H and O–H groups in total. The van der Waals surface area contributed by atoms with Gasteiger partial charge in [-0.2, -0.15) is 0 Å². The first-order chi connectivity index (χ1) is 19.0. The Morgan fingerprint density at radius 1 is 1.03 bits per heavy atom. The number of fused-ring (bicyclic) bond motifs is 2. The van der Waals surface area contributed by atoms with Crippen LogP contribution < -0.4 is 23.8 Å². The van der Waals surface area contributed by atoms with Gasteiger partial charge in [0.2, 0.25) is 6.79 Å². The first kappa shape index (κ1) is 25.7. The molecule has 4 aromatic rings. The van der Waals surface area contributed by atoms with Crippen molar-refractivity contribution in [3.8, 4) is 23.0 Å². The van der Waals surface area contributed by atoms with E-state index in [1.54, 1.807) is 18.2 Å². The van der Waals surface area contributed by atoms with E-state index in [-0.39, 0.29) is 12.7 Å². The van der Waals surface area contributed by atoms with Gasteiger partial charge in [-0.25, -0.2) is 0 Å². The minimum atomic E-state index is -0.200. The van der Waals surface area contributed by atoms with Gasteiger partial charge in [0, 0.05) is 6.07 Å². The Kier molecular flexibility index (Phi) is 7.20. The summed E-state index contributed by atoms with van der Waals surface area (Å²) < 4.78 is 24.2. The lowest BCUT2D eigenvalue weighted by molar-refractivity contribution is -0.113. The Hall–Kier alpha value is -3.53. The molecular weight excluding hydrogens is 598 g/mol. The highest BCUT2D eigenvalue weighted by Gasteiger charge is 2.34. The van der Waals surface area contributed by atoms with Gasteiger partial charge in [0.25, 0.3) is 5.91 Å². The van der Waals surface area contributed by atoms with Crippen LogP contribution in [0.1, 0.15) is 18.1 Å². The van der Waals surface area contributed by atoms with E-state index in [1.807, 2.05) is 43.3 Å². The zero-order valence-corrected chi connectivity index (χ0v) is 24.0. The summed E-state index contributed by atoms with van der Waals surface area (Å²) in [6, 6.07) is 23.5. The quantitative estimate of drug-likeness (QED) is 0.155. The summed E-state index contributed by atoms with van der Waals surface area (Å²) in [4.78, 5) is 15.4. The molecule has 2 aliphatic heterocycles. The number of nitrogens with zero attached hydrogens (tertiary/aromatic N) is 1. The standard InChI is InChI=1S/C30H22BrNO5S2/c1-2-34-26-13-18(12-23(31)28(26)35-16-20-8-5-7-19-6-3-4-9-22(19)20)14-27-29(33)32(30(38)39-27)21-10-11-24-25(15-21)37-17-36-24/h3-15H,2,16-17H2,1H3/b27-14+. The number of thioether (sulfide) groups is 1. The zero-order valence-electron chi connectivity index (χ0n) is 20.8. The Balaban J connectivity index is 1.26. The van der Waals surface area contributed by atoms with Crippen molar-refractivity contribution in [1.82, 2.24) is 0 Å². The second kappa shape index (κ2) is 10.9. The minimum Gasteiger partial charge on any atom is -0.490 e. The van der Waals surface area contributed by atoms with E-state index >= 15 is 0 Å². The predicted octanol–water partition coefficient (Wildman–Crippen LogP) is 7.71. The maximum absolute atomic E-state index is 13.4. The number of amides is 1. The molecule has 1 amide bonds. The van der Waals surface area contributed by atoms with Crippen LogP contribution in [0.15, 0.2) is 82.2 Å². The van der Waals surface area contributed by atoms with E-state index in [1.165, 1.54) is 16.7 Å². The third-order valence-corrected chi connectivity index (χ3v) is 8.18. The lowest BCUT2D eigenvalue weighted by atomic mass is 10.1. The Morgan fingerprint density at radius 3 is 2.72 bits per heavy atom. The van der Waals surface area contributed by atoms with Crippen LogP contribution in [0.3, 0.4) is 0 Å². The summed E-state index contributed by atoms with van der Waals surface area (Å²) in [6.07, 6.45) is 1.81. The maximum atomic E-state index is 13.4. The molecule has 196 valence electrons. The molecule has 0 radical (unpaired) electrons. The Bertz CT molecular complexity index is 1650. The summed E-state index contributed by atoms with van der Waals surface area (Å²) in [5, 5.41) is 2.31. The summed E-state index contributed by atoms with van der Waals surface area (Å²) >= 11 is 10.5. The summed E-state index contributed by atoms with van der Waals surface area (Å²) in [6.45, 7) is 2.93. The summed E-state index contributed by atoms with van der Waals surface area (Å²) in [5.74, 6) is 2.24. The van der Waals surface area contributed by atoms with Gasteiger partial charge in [-0.05, 0) is 75.1 Å². The number of ether oxygens (including phenoxy) is 4. The zero-order chi connectivity index (χ0) is 26.9. The van der Waals surface area contributed by atoms with Crippen LogP contribution in [0.5, 0.6) is 23.0 Å². The van der Waals surface area contributed by atoms with Crippen LogP contribution in [0, 0.1) is 0 Å². The summed E-state index contributed by atoms with van der Waals surface area (Å²) in [7, 11) is 0. The van der Waals surface area contributed by atoms with E-state index in [0.29, 0.717) is 51.1 Å². The Labute approximate surface area is 243 Å². The van der Waals surface area contributed by atoms with Crippen molar-refractivity contribution in [3.05, 3.63) is 93.3 Å². The molecule has 0 saturated carbocycles. The molecule has 0 atom stereocenters. The molecule has 1 saturated heterocycles. The minimum absolute atomic E-state index is 0.162. The molecule has 4 aromatic carbocycles. The highest BCUT2D eigenvalue weighted by atomic mass is 79.9. The van der Waals surface area contributed by atoms with E-state index in [4.69, 9.17) is 31.2 Å². The van der Waals surface area contributed by atoms with Gasteiger partial charge in [0.05, 0.1) is 21.7 Å². The van der Waals surface area contributed by atoms with Crippen molar-refractivity contribution in [2.75, 3.05) is 18.3 Å². The highest BCUT2D eigenvalue weighted by molar-refractivity contribution is 9.10. The van der Waals surface area contributed by atoms with E-state index in [9.17, 15) is 4.79 Å². The molecular formula is C30H22BrNO5S2. The average molecular weight is 621 g/mol. The first-order valence-electron chi connectivity index (χ1n) is 12.2. The molecule has 1 fully saturated rings. The number of thiocarbonyl (C=S) groups is 1.